The molecule has 1 fully saturated rings. The highest BCUT2D eigenvalue weighted by atomic mass is 35.5. The molecule has 1 aromatic carbocycles. The highest BCUT2D eigenvalue weighted by molar-refractivity contribution is 7.99. The van der Waals surface area contributed by atoms with Gasteiger partial charge in [0.25, 0.3) is 0 Å². The third-order valence-corrected chi connectivity index (χ3v) is 5.17. The summed E-state index contributed by atoms with van der Waals surface area (Å²) in [6.45, 7) is 0. The molecule has 0 aliphatic heterocycles. The second-order valence-corrected chi connectivity index (χ2v) is 6.57. The number of hydrogen-bond donors (Lipinski definition) is 1. The van der Waals surface area contributed by atoms with Gasteiger partial charge in [-0.15, -0.1) is 0 Å². The number of thioether (sulfide) groups is 1. The Hall–Kier alpha value is -0.250. The molecule has 0 heterocycles. The van der Waals surface area contributed by atoms with E-state index in [1.54, 1.807) is 6.07 Å². The zero-order valence-corrected chi connectivity index (χ0v) is 11.8. The van der Waals surface area contributed by atoms with E-state index in [0.717, 1.165) is 11.3 Å². The van der Waals surface area contributed by atoms with Crippen LogP contribution in [-0.4, -0.2) is 22.2 Å². The summed E-state index contributed by atoms with van der Waals surface area (Å²) in [5.41, 5.74) is 0.817. The van der Waals surface area contributed by atoms with E-state index in [2.05, 4.69) is 0 Å². The molecule has 2 rings (SSSR count). The maximum atomic E-state index is 12.9. The van der Waals surface area contributed by atoms with E-state index in [9.17, 15) is 9.50 Å². The molecule has 1 aliphatic rings. The van der Waals surface area contributed by atoms with Crippen molar-refractivity contribution in [3.8, 4) is 0 Å². The predicted octanol–water partition coefficient (Wildman–Crippen LogP) is 4.06. The Morgan fingerprint density at radius 1 is 1.39 bits per heavy atom. The van der Waals surface area contributed by atoms with Crippen LogP contribution in [0.25, 0.3) is 0 Å². The van der Waals surface area contributed by atoms with Gasteiger partial charge in [-0.25, -0.2) is 4.39 Å². The van der Waals surface area contributed by atoms with Crippen molar-refractivity contribution < 1.29 is 9.50 Å². The number of hydrogen-bond acceptors (Lipinski definition) is 2. The van der Waals surface area contributed by atoms with Gasteiger partial charge in [0, 0.05) is 22.4 Å². The third-order valence-electron chi connectivity index (χ3n) is 3.30. The summed E-state index contributed by atoms with van der Waals surface area (Å²) in [6.07, 6.45) is 5.27. The molecule has 0 spiro atoms. The maximum absolute atomic E-state index is 12.9. The van der Waals surface area contributed by atoms with Crippen LogP contribution in [-0.2, 0) is 6.42 Å². The second kappa shape index (κ2) is 6.78. The molecular weight excluding hydrogens is 271 g/mol. The molecule has 1 saturated carbocycles. The van der Waals surface area contributed by atoms with E-state index in [0.29, 0.717) is 16.7 Å². The topological polar surface area (TPSA) is 20.2 Å². The van der Waals surface area contributed by atoms with Crippen LogP contribution in [0.3, 0.4) is 0 Å². The van der Waals surface area contributed by atoms with Crippen LogP contribution in [0.5, 0.6) is 0 Å². The molecule has 1 nitrogen and oxygen atoms in total. The Kier molecular flexibility index (Phi) is 5.34. The minimum Gasteiger partial charge on any atom is -0.392 e. The molecule has 1 N–H and O–H groups in total. The highest BCUT2D eigenvalue weighted by Gasteiger charge is 2.17. The SMILES string of the molecule is OC(CSC1CCCC1)Cc1ccc(F)cc1Cl. The number of aliphatic hydroxyl groups is 1. The number of rotatable bonds is 5. The molecule has 0 radical (unpaired) electrons. The summed E-state index contributed by atoms with van der Waals surface area (Å²) in [4.78, 5) is 0. The minimum absolute atomic E-state index is 0.335. The molecule has 1 atom stereocenters. The summed E-state index contributed by atoms with van der Waals surface area (Å²) < 4.78 is 12.9. The summed E-state index contributed by atoms with van der Waals surface area (Å²) in [5.74, 6) is 0.400. The van der Waals surface area contributed by atoms with Gasteiger partial charge in [-0.2, -0.15) is 11.8 Å². The smallest absolute Gasteiger partial charge is 0.124 e. The first-order valence-electron chi connectivity index (χ1n) is 6.39. The van der Waals surface area contributed by atoms with Crippen LogP contribution in [0.1, 0.15) is 31.2 Å². The van der Waals surface area contributed by atoms with Gasteiger partial charge < -0.3 is 5.11 Å². The Morgan fingerprint density at radius 2 is 2.11 bits per heavy atom. The highest BCUT2D eigenvalue weighted by Crippen LogP contribution is 2.30. The van der Waals surface area contributed by atoms with Crippen molar-refractivity contribution in [1.82, 2.24) is 0 Å². The third kappa shape index (κ3) is 4.15. The average Bonchev–Trinajstić information content (AvgIpc) is 2.83. The van der Waals surface area contributed by atoms with E-state index in [-0.39, 0.29) is 5.82 Å². The maximum Gasteiger partial charge on any atom is 0.124 e. The molecule has 0 aromatic heterocycles. The van der Waals surface area contributed by atoms with E-state index < -0.39 is 6.10 Å². The first-order valence-corrected chi connectivity index (χ1v) is 7.81. The Balaban J connectivity index is 1.80. The van der Waals surface area contributed by atoms with Gasteiger partial charge in [0.15, 0.2) is 0 Å². The van der Waals surface area contributed by atoms with Gasteiger partial charge >= 0.3 is 0 Å². The van der Waals surface area contributed by atoms with Crippen LogP contribution in [0.2, 0.25) is 5.02 Å². The van der Waals surface area contributed by atoms with Gasteiger partial charge in [-0.3, -0.25) is 0 Å². The van der Waals surface area contributed by atoms with Crippen LogP contribution >= 0.6 is 23.4 Å². The quantitative estimate of drug-likeness (QED) is 0.882. The van der Waals surface area contributed by atoms with Crippen molar-refractivity contribution in [2.24, 2.45) is 0 Å². The average molecular weight is 289 g/mol. The molecular formula is C14H18ClFOS. The van der Waals surface area contributed by atoms with E-state index >= 15 is 0 Å². The molecule has 0 amide bonds. The van der Waals surface area contributed by atoms with Crippen LogP contribution in [0, 0.1) is 5.82 Å². The summed E-state index contributed by atoms with van der Waals surface area (Å²) in [6, 6.07) is 4.34. The van der Waals surface area contributed by atoms with Crippen LogP contribution in [0.15, 0.2) is 18.2 Å². The molecule has 1 unspecified atom stereocenters. The molecule has 0 saturated heterocycles. The first-order chi connectivity index (χ1) is 8.65. The normalized spacial score (nSPS) is 18.2. The summed E-state index contributed by atoms with van der Waals surface area (Å²) >= 11 is 7.80. The van der Waals surface area contributed by atoms with Crippen molar-refractivity contribution >= 4 is 23.4 Å². The van der Waals surface area contributed by atoms with Gasteiger partial charge in [-0.1, -0.05) is 30.5 Å². The number of benzene rings is 1. The monoisotopic (exact) mass is 288 g/mol. The van der Waals surface area contributed by atoms with Crippen molar-refractivity contribution in [1.29, 1.82) is 0 Å². The fourth-order valence-corrected chi connectivity index (χ4v) is 3.83. The van der Waals surface area contributed by atoms with Gasteiger partial charge in [-0.05, 0) is 30.5 Å². The summed E-state index contributed by atoms with van der Waals surface area (Å²) in [5, 5.41) is 11.1. The first kappa shape index (κ1) is 14.2. The molecule has 0 bridgehead atoms. The van der Waals surface area contributed by atoms with Crippen molar-refractivity contribution in [3.63, 3.8) is 0 Å². The van der Waals surface area contributed by atoms with E-state index in [1.165, 1.54) is 37.8 Å². The lowest BCUT2D eigenvalue weighted by Crippen LogP contribution is -2.15. The molecule has 4 heteroatoms. The number of aliphatic hydroxyl groups excluding tert-OH is 1. The standard InChI is InChI=1S/C14H18ClFOS/c15-14-8-11(16)6-5-10(14)7-12(17)9-18-13-3-1-2-4-13/h5-6,8,12-13,17H,1-4,7,9H2. The Morgan fingerprint density at radius 3 is 2.78 bits per heavy atom. The molecule has 18 heavy (non-hydrogen) atoms. The molecule has 1 aliphatic carbocycles. The van der Waals surface area contributed by atoms with E-state index in [1.807, 2.05) is 11.8 Å². The predicted molar refractivity (Wildman–Crippen MR) is 75.8 cm³/mol. The lowest BCUT2D eigenvalue weighted by molar-refractivity contribution is 0.200. The minimum atomic E-state index is -0.404. The Bertz CT molecular complexity index is 393. The van der Waals surface area contributed by atoms with Gasteiger partial charge in [0.05, 0.1) is 6.10 Å². The van der Waals surface area contributed by atoms with Crippen molar-refractivity contribution in [2.75, 3.05) is 5.75 Å². The van der Waals surface area contributed by atoms with Crippen molar-refractivity contribution in [3.05, 3.63) is 34.6 Å². The van der Waals surface area contributed by atoms with Crippen LogP contribution < -0.4 is 0 Å². The fourth-order valence-electron chi connectivity index (χ4n) is 2.30. The lowest BCUT2D eigenvalue weighted by Gasteiger charge is -2.14. The zero-order valence-electron chi connectivity index (χ0n) is 10.2. The van der Waals surface area contributed by atoms with Gasteiger partial charge in [0.2, 0.25) is 0 Å². The van der Waals surface area contributed by atoms with Crippen LogP contribution in [0.4, 0.5) is 4.39 Å². The lowest BCUT2D eigenvalue weighted by atomic mass is 10.1. The fraction of sp³-hybridized carbons (Fsp3) is 0.571. The molecule has 100 valence electrons. The van der Waals surface area contributed by atoms with Gasteiger partial charge in [0.1, 0.15) is 5.82 Å². The Labute approximate surface area is 117 Å². The number of halogens is 2. The van der Waals surface area contributed by atoms with Crippen molar-refractivity contribution in [2.45, 2.75) is 43.5 Å². The van der Waals surface area contributed by atoms with E-state index in [4.69, 9.17) is 11.6 Å². The zero-order chi connectivity index (χ0) is 13.0. The molecule has 1 aromatic rings. The largest absolute Gasteiger partial charge is 0.392 e. The summed E-state index contributed by atoms with van der Waals surface area (Å²) in [7, 11) is 0. The second-order valence-electron chi connectivity index (χ2n) is 4.83.